The van der Waals surface area contributed by atoms with E-state index < -0.39 is 15.9 Å². The summed E-state index contributed by atoms with van der Waals surface area (Å²) in [5.41, 5.74) is 0. The number of sulfone groups is 1. The van der Waals surface area contributed by atoms with Crippen LogP contribution in [0.15, 0.2) is 0 Å². The number of esters is 1. The smallest absolute Gasteiger partial charge is 0.308 e. The maximum Gasteiger partial charge on any atom is 0.308 e. The summed E-state index contributed by atoms with van der Waals surface area (Å²) >= 11 is 0. The fourth-order valence-electron chi connectivity index (χ4n) is 1.15. The first-order chi connectivity index (χ1) is 5.91. The summed E-state index contributed by atoms with van der Waals surface area (Å²) in [7, 11) is -2.94. The highest BCUT2D eigenvalue weighted by Crippen LogP contribution is 2.16. The van der Waals surface area contributed by atoms with Crippen LogP contribution in [-0.2, 0) is 19.4 Å². The molecule has 0 amide bonds. The summed E-state index contributed by atoms with van der Waals surface area (Å²) in [5.74, 6) is -0.375. The molecule has 1 aliphatic rings. The third-order valence-electron chi connectivity index (χ3n) is 1.94. The number of carbonyl (C=O) groups excluding carboxylic acids is 1. The Morgan fingerprint density at radius 2 is 2.08 bits per heavy atom. The van der Waals surface area contributed by atoms with E-state index in [2.05, 4.69) is 0 Å². The van der Waals surface area contributed by atoms with E-state index in [1.807, 2.05) is 0 Å². The van der Waals surface area contributed by atoms with Crippen molar-refractivity contribution in [2.75, 3.05) is 11.5 Å². The van der Waals surface area contributed by atoms with Crippen molar-refractivity contribution >= 4 is 15.8 Å². The Kier molecular flexibility index (Phi) is 2.95. The monoisotopic (exact) mass is 206 g/mol. The second kappa shape index (κ2) is 3.65. The van der Waals surface area contributed by atoms with Crippen molar-refractivity contribution in [1.82, 2.24) is 0 Å². The number of hydrogen-bond donors (Lipinski definition) is 0. The Labute approximate surface area is 78.2 Å². The van der Waals surface area contributed by atoms with Crippen molar-refractivity contribution < 1.29 is 17.9 Å². The predicted octanol–water partition coefficient (Wildman–Crippen LogP) is 0.373. The van der Waals surface area contributed by atoms with Gasteiger partial charge in [0.25, 0.3) is 0 Å². The van der Waals surface area contributed by atoms with Crippen LogP contribution < -0.4 is 0 Å². The van der Waals surface area contributed by atoms with E-state index >= 15 is 0 Å². The third kappa shape index (κ3) is 2.99. The zero-order valence-corrected chi connectivity index (χ0v) is 8.63. The largest absolute Gasteiger partial charge is 0.461 e. The van der Waals surface area contributed by atoms with Crippen LogP contribution in [-0.4, -0.2) is 32.0 Å². The Morgan fingerprint density at radius 3 is 2.46 bits per heavy atom. The molecule has 0 aromatic rings. The first-order valence-corrected chi connectivity index (χ1v) is 6.14. The van der Waals surface area contributed by atoms with Crippen molar-refractivity contribution in [3.63, 3.8) is 0 Å². The molecule has 0 aliphatic carbocycles. The van der Waals surface area contributed by atoms with E-state index in [-0.39, 0.29) is 23.4 Å². The predicted molar refractivity (Wildman–Crippen MR) is 48.0 cm³/mol. The van der Waals surface area contributed by atoms with Gasteiger partial charge in [0, 0.05) is 0 Å². The second-order valence-corrected chi connectivity index (χ2v) is 5.85. The molecule has 13 heavy (non-hydrogen) atoms. The van der Waals surface area contributed by atoms with Gasteiger partial charge < -0.3 is 4.74 Å². The zero-order valence-electron chi connectivity index (χ0n) is 7.82. The zero-order chi connectivity index (χ0) is 10.1. The second-order valence-electron chi connectivity index (χ2n) is 3.62. The van der Waals surface area contributed by atoms with Crippen LogP contribution >= 0.6 is 0 Å². The van der Waals surface area contributed by atoms with Gasteiger partial charge >= 0.3 is 5.97 Å². The highest BCUT2D eigenvalue weighted by atomic mass is 32.2. The minimum atomic E-state index is -2.94. The maximum absolute atomic E-state index is 11.1. The minimum Gasteiger partial charge on any atom is -0.461 e. The lowest BCUT2D eigenvalue weighted by atomic mass is 10.2. The average Bonchev–Trinajstić information content (AvgIpc) is 2.30. The van der Waals surface area contributed by atoms with E-state index in [0.29, 0.717) is 6.42 Å². The Balaban J connectivity index is 2.46. The first-order valence-electron chi connectivity index (χ1n) is 4.31. The summed E-state index contributed by atoms with van der Waals surface area (Å²) < 4.78 is 27.0. The molecule has 0 N–H and O–H groups in total. The van der Waals surface area contributed by atoms with Gasteiger partial charge in [0.2, 0.25) is 0 Å². The third-order valence-corrected chi connectivity index (χ3v) is 3.68. The van der Waals surface area contributed by atoms with E-state index in [4.69, 9.17) is 4.74 Å². The number of ether oxygens (including phenoxy) is 1. The van der Waals surface area contributed by atoms with Gasteiger partial charge in [-0.1, -0.05) is 13.8 Å². The Morgan fingerprint density at radius 1 is 1.46 bits per heavy atom. The molecule has 1 rings (SSSR count). The van der Waals surface area contributed by atoms with Crippen LogP contribution in [0.5, 0.6) is 0 Å². The quantitative estimate of drug-likeness (QED) is 0.612. The molecule has 1 aliphatic heterocycles. The van der Waals surface area contributed by atoms with E-state index in [0.717, 1.165) is 0 Å². The molecule has 0 aromatic carbocycles. The van der Waals surface area contributed by atoms with Gasteiger partial charge in [0.1, 0.15) is 6.10 Å². The van der Waals surface area contributed by atoms with Crippen molar-refractivity contribution in [1.29, 1.82) is 0 Å². The number of rotatable bonds is 2. The van der Waals surface area contributed by atoms with Gasteiger partial charge in [-0.3, -0.25) is 4.79 Å². The Hall–Kier alpha value is -0.580. The molecule has 1 saturated heterocycles. The fraction of sp³-hybridized carbons (Fsp3) is 0.875. The van der Waals surface area contributed by atoms with Crippen molar-refractivity contribution in [3.05, 3.63) is 0 Å². The standard InChI is InChI=1S/C8H14O4S/c1-6(2)8(9)12-7-3-4-13(10,11)5-7/h6-7H,3-5H2,1-2H3. The molecule has 4 nitrogen and oxygen atoms in total. The van der Waals surface area contributed by atoms with Crippen molar-refractivity contribution in [3.8, 4) is 0 Å². The lowest BCUT2D eigenvalue weighted by molar-refractivity contribution is -0.151. The SMILES string of the molecule is CC(C)C(=O)OC1CCS(=O)(=O)C1. The lowest BCUT2D eigenvalue weighted by Gasteiger charge is -2.11. The van der Waals surface area contributed by atoms with Crippen LogP contribution in [0.1, 0.15) is 20.3 Å². The van der Waals surface area contributed by atoms with Gasteiger partial charge in [0.05, 0.1) is 17.4 Å². The first kappa shape index (κ1) is 10.5. The molecule has 1 fully saturated rings. The summed E-state index contributed by atoms with van der Waals surface area (Å²) in [4.78, 5) is 11.1. The molecule has 76 valence electrons. The van der Waals surface area contributed by atoms with Crippen molar-refractivity contribution in [2.45, 2.75) is 26.4 Å². The molecule has 1 atom stereocenters. The normalized spacial score (nSPS) is 26.2. The van der Waals surface area contributed by atoms with Crippen LogP contribution in [0.25, 0.3) is 0 Å². The molecule has 1 heterocycles. The van der Waals surface area contributed by atoms with Crippen LogP contribution in [0, 0.1) is 5.92 Å². The lowest BCUT2D eigenvalue weighted by Crippen LogP contribution is -2.22. The van der Waals surface area contributed by atoms with Crippen LogP contribution in [0.4, 0.5) is 0 Å². The summed E-state index contributed by atoms with van der Waals surface area (Å²) in [5, 5.41) is 0. The molecular formula is C8H14O4S. The highest BCUT2D eigenvalue weighted by Gasteiger charge is 2.30. The molecule has 0 saturated carbocycles. The highest BCUT2D eigenvalue weighted by molar-refractivity contribution is 7.91. The summed E-state index contributed by atoms with van der Waals surface area (Å²) in [6, 6.07) is 0. The van der Waals surface area contributed by atoms with Gasteiger partial charge in [-0.05, 0) is 6.42 Å². The molecule has 0 bridgehead atoms. The minimum absolute atomic E-state index is 0.00847. The average molecular weight is 206 g/mol. The van der Waals surface area contributed by atoms with Crippen LogP contribution in [0.2, 0.25) is 0 Å². The molecule has 0 spiro atoms. The Bertz CT molecular complexity index is 291. The number of carbonyl (C=O) groups is 1. The van der Waals surface area contributed by atoms with Gasteiger partial charge in [0.15, 0.2) is 9.84 Å². The topological polar surface area (TPSA) is 60.4 Å². The molecule has 1 unspecified atom stereocenters. The molecule has 0 aromatic heterocycles. The van der Waals surface area contributed by atoms with Gasteiger partial charge in [-0.2, -0.15) is 0 Å². The van der Waals surface area contributed by atoms with E-state index in [9.17, 15) is 13.2 Å². The molecule has 5 heteroatoms. The maximum atomic E-state index is 11.1. The van der Waals surface area contributed by atoms with E-state index in [1.165, 1.54) is 0 Å². The van der Waals surface area contributed by atoms with Gasteiger partial charge in [-0.15, -0.1) is 0 Å². The fourth-order valence-corrected chi connectivity index (χ4v) is 2.74. The van der Waals surface area contributed by atoms with Gasteiger partial charge in [-0.25, -0.2) is 8.42 Å². The summed E-state index contributed by atoms with van der Waals surface area (Å²) in [6.07, 6.45) is 0.0285. The van der Waals surface area contributed by atoms with Crippen molar-refractivity contribution in [2.24, 2.45) is 5.92 Å². The summed E-state index contributed by atoms with van der Waals surface area (Å²) in [6.45, 7) is 3.46. The molecule has 0 radical (unpaired) electrons. The molecular weight excluding hydrogens is 192 g/mol. The number of hydrogen-bond acceptors (Lipinski definition) is 4. The van der Waals surface area contributed by atoms with E-state index in [1.54, 1.807) is 13.8 Å². The van der Waals surface area contributed by atoms with Crippen LogP contribution in [0.3, 0.4) is 0 Å².